The Kier molecular flexibility index (Phi) is 3.99. The van der Waals surface area contributed by atoms with Crippen molar-refractivity contribution in [2.75, 3.05) is 7.11 Å². The zero-order chi connectivity index (χ0) is 14.9. The Bertz CT molecular complexity index is 605. The lowest BCUT2D eigenvalue weighted by atomic mass is 10.2. The minimum atomic E-state index is -0.924. The molecule has 1 atom stereocenters. The van der Waals surface area contributed by atoms with Crippen LogP contribution in [0, 0.1) is 0 Å². The normalized spacial score (nSPS) is 18.8. The van der Waals surface area contributed by atoms with E-state index in [1.807, 2.05) is 29.9 Å². The lowest BCUT2D eigenvalue weighted by molar-refractivity contribution is -0.148. The first-order valence-electron chi connectivity index (χ1n) is 5.92. The third-order valence-corrected chi connectivity index (χ3v) is 3.90. The van der Waals surface area contributed by atoms with Gasteiger partial charge in [0.1, 0.15) is 6.04 Å². The summed E-state index contributed by atoms with van der Waals surface area (Å²) >= 11 is 0.822. The summed E-state index contributed by atoms with van der Waals surface area (Å²) in [6.07, 6.45) is 3.47. The average Bonchev–Trinajstić information content (AvgIpc) is 2.93. The highest BCUT2D eigenvalue weighted by Crippen LogP contribution is 2.33. The number of hydrogen-bond acceptors (Lipinski definition) is 5. The van der Waals surface area contributed by atoms with Crippen LogP contribution in [0.1, 0.15) is 12.6 Å². The maximum Gasteiger partial charge on any atom is 0.328 e. The summed E-state index contributed by atoms with van der Waals surface area (Å²) in [6, 6.07) is 2.75. The number of thioether (sulfide) groups is 1. The SMILES string of the molecule is COC(=O)[C@@H](C)N1C(=O)SC(=Cc2cccn2C)C1=O. The Morgan fingerprint density at radius 2 is 2.15 bits per heavy atom. The highest BCUT2D eigenvalue weighted by Gasteiger charge is 2.41. The van der Waals surface area contributed by atoms with Gasteiger partial charge in [0.2, 0.25) is 0 Å². The lowest BCUT2D eigenvalue weighted by Crippen LogP contribution is -2.42. The zero-order valence-corrected chi connectivity index (χ0v) is 12.1. The summed E-state index contributed by atoms with van der Waals surface area (Å²) in [7, 11) is 3.06. The van der Waals surface area contributed by atoms with Crippen molar-refractivity contribution in [2.24, 2.45) is 7.05 Å². The number of aromatic nitrogens is 1. The molecule has 7 heteroatoms. The van der Waals surface area contributed by atoms with Crippen LogP contribution in [-0.2, 0) is 21.4 Å². The molecule has 1 fully saturated rings. The molecule has 2 amide bonds. The fraction of sp³-hybridized carbons (Fsp3) is 0.308. The minimum Gasteiger partial charge on any atom is -0.467 e. The van der Waals surface area contributed by atoms with Crippen molar-refractivity contribution in [2.45, 2.75) is 13.0 Å². The number of hydrogen-bond donors (Lipinski definition) is 0. The van der Waals surface area contributed by atoms with Crippen LogP contribution < -0.4 is 0 Å². The molecule has 0 aromatic carbocycles. The van der Waals surface area contributed by atoms with Crippen LogP contribution in [0.25, 0.3) is 6.08 Å². The molecule has 6 nitrogen and oxygen atoms in total. The Hall–Kier alpha value is -2.02. The summed E-state index contributed by atoms with van der Waals surface area (Å²) < 4.78 is 6.39. The van der Waals surface area contributed by atoms with E-state index < -0.39 is 23.2 Å². The van der Waals surface area contributed by atoms with Crippen LogP contribution in [0.4, 0.5) is 4.79 Å². The van der Waals surface area contributed by atoms with Crippen LogP contribution in [-0.4, -0.2) is 39.7 Å². The van der Waals surface area contributed by atoms with Gasteiger partial charge in [-0.1, -0.05) is 0 Å². The Morgan fingerprint density at radius 3 is 2.70 bits per heavy atom. The molecule has 1 aliphatic heterocycles. The van der Waals surface area contributed by atoms with E-state index in [1.54, 1.807) is 6.08 Å². The first-order chi connectivity index (χ1) is 9.45. The second-order valence-electron chi connectivity index (χ2n) is 4.29. The zero-order valence-electron chi connectivity index (χ0n) is 11.3. The van der Waals surface area contributed by atoms with Gasteiger partial charge in [0.05, 0.1) is 12.0 Å². The predicted molar refractivity (Wildman–Crippen MR) is 74.7 cm³/mol. The smallest absolute Gasteiger partial charge is 0.328 e. The first-order valence-corrected chi connectivity index (χ1v) is 6.73. The predicted octanol–water partition coefficient (Wildman–Crippen LogP) is 1.62. The van der Waals surface area contributed by atoms with E-state index in [4.69, 9.17) is 0 Å². The molecule has 0 bridgehead atoms. The van der Waals surface area contributed by atoms with Crippen molar-refractivity contribution >= 4 is 35.0 Å². The highest BCUT2D eigenvalue weighted by atomic mass is 32.2. The number of carbonyl (C=O) groups is 3. The van der Waals surface area contributed by atoms with Gasteiger partial charge in [-0.15, -0.1) is 0 Å². The van der Waals surface area contributed by atoms with E-state index in [0.717, 1.165) is 22.4 Å². The lowest BCUT2D eigenvalue weighted by Gasteiger charge is -2.18. The minimum absolute atomic E-state index is 0.299. The molecule has 1 aromatic rings. The Labute approximate surface area is 120 Å². The molecule has 0 spiro atoms. The second-order valence-corrected chi connectivity index (χ2v) is 5.29. The highest BCUT2D eigenvalue weighted by molar-refractivity contribution is 8.18. The summed E-state index contributed by atoms with van der Waals surface area (Å²) in [5.74, 6) is -1.09. The summed E-state index contributed by atoms with van der Waals surface area (Å²) in [5.41, 5.74) is 0.807. The first kappa shape index (κ1) is 14.4. The molecule has 0 radical (unpaired) electrons. The number of amides is 2. The second kappa shape index (κ2) is 5.54. The number of rotatable bonds is 3. The largest absolute Gasteiger partial charge is 0.467 e. The van der Waals surface area contributed by atoms with Gasteiger partial charge >= 0.3 is 5.97 Å². The van der Waals surface area contributed by atoms with E-state index in [1.165, 1.54) is 14.0 Å². The molecule has 0 aliphatic carbocycles. The number of esters is 1. The van der Waals surface area contributed by atoms with Gasteiger partial charge in [-0.05, 0) is 36.9 Å². The van der Waals surface area contributed by atoms with E-state index in [-0.39, 0.29) is 0 Å². The molecular weight excluding hydrogens is 280 g/mol. The third-order valence-electron chi connectivity index (χ3n) is 3.02. The van der Waals surface area contributed by atoms with Gasteiger partial charge in [0.25, 0.3) is 11.1 Å². The molecule has 1 saturated heterocycles. The number of imide groups is 1. The molecular formula is C13H14N2O4S. The molecule has 0 saturated carbocycles. The fourth-order valence-corrected chi connectivity index (χ4v) is 2.74. The summed E-state index contributed by atoms with van der Waals surface area (Å²) in [5, 5.41) is -0.464. The van der Waals surface area contributed by atoms with Gasteiger partial charge in [-0.2, -0.15) is 0 Å². The number of carbonyl (C=O) groups excluding carboxylic acids is 3. The standard InChI is InChI=1S/C13H14N2O4S/c1-8(12(17)19-3)15-11(16)10(20-13(15)18)7-9-5-4-6-14(9)2/h4-8H,1-3H3/t8-/m1/s1. The van der Waals surface area contributed by atoms with Crippen LogP contribution in [0.5, 0.6) is 0 Å². The molecule has 106 valence electrons. The van der Waals surface area contributed by atoms with E-state index in [2.05, 4.69) is 4.74 Å². The molecule has 2 rings (SSSR count). The average molecular weight is 294 g/mol. The van der Waals surface area contributed by atoms with Gasteiger partial charge in [0, 0.05) is 18.9 Å². The summed E-state index contributed by atoms with van der Waals surface area (Å²) in [4.78, 5) is 36.8. The Morgan fingerprint density at radius 1 is 1.45 bits per heavy atom. The van der Waals surface area contributed by atoms with E-state index in [9.17, 15) is 14.4 Å². The number of ether oxygens (including phenoxy) is 1. The maximum absolute atomic E-state index is 12.2. The number of methoxy groups -OCH3 is 1. The van der Waals surface area contributed by atoms with Crippen LogP contribution >= 0.6 is 11.8 Å². The van der Waals surface area contributed by atoms with Crippen LogP contribution in [0.3, 0.4) is 0 Å². The van der Waals surface area contributed by atoms with E-state index >= 15 is 0 Å². The summed E-state index contributed by atoms with van der Waals surface area (Å²) in [6.45, 7) is 1.47. The van der Waals surface area contributed by atoms with Crippen molar-refractivity contribution in [3.05, 3.63) is 28.9 Å². The van der Waals surface area contributed by atoms with Crippen LogP contribution in [0.2, 0.25) is 0 Å². The molecule has 1 aromatic heterocycles. The fourth-order valence-electron chi connectivity index (χ4n) is 1.85. The van der Waals surface area contributed by atoms with Gasteiger partial charge in [0.15, 0.2) is 0 Å². The van der Waals surface area contributed by atoms with Crippen molar-refractivity contribution in [1.29, 1.82) is 0 Å². The third kappa shape index (κ3) is 2.49. The van der Waals surface area contributed by atoms with Gasteiger partial charge in [-0.3, -0.25) is 14.5 Å². The number of nitrogens with zero attached hydrogens (tertiary/aromatic N) is 2. The molecule has 20 heavy (non-hydrogen) atoms. The van der Waals surface area contributed by atoms with Crippen molar-refractivity contribution in [3.63, 3.8) is 0 Å². The quantitative estimate of drug-likeness (QED) is 0.626. The topological polar surface area (TPSA) is 68.6 Å². The van der Waals surface area contributed by atoms with Crippen molar-refractivity contribution in [1.82, 2.24) is 9.47 Å². The van der Waals surface area contributed by atoms with Gasteiger partial charge in [-0.25, -0.2) is 4.79 Å². The van der Waals surface area contributed by atoms with Crippen LogP contribution in [0.15, 0.2) is 23.2 Å². The molecule has 0 N–H and O–H groups in total. The molecule has 1 aliphatic rings. The monoisotopic (exact) mass is 294 g/mol. The molecule has 2 heterocycles. The van der Waals surface area contributed by atoms with Crippen molar-refractivity contribution in [3.8, 4) is 0 Å². The van der Waals surface area contributed by atoms with Crippen molar-refractivity contribution < 1.29 is 19.1 Å². The van der Waals surface area contributed by atoms with E-state index in [0.29, 0.717) is 4.91 Å². The number of aryl methyl sites for hydroxylation is 1. The maximum atomic E-state index is 12.2. The Balaban J connectivity index is 2.27. The molecule has 0 unspecified atom stereocenters. The van der Waals surface area contributed by atoms with Gasteiger partial charge < -0.3 is 9.30 Å².